The summed E-state index contributed by atoms with van der Waals surface area (Å²) in [4.78, 5) is 0. The first-order chi connectivity index (χ1) is 9.97. The zero-order chi connectivity index (χ0) is 15.3. The predicted molar refractivity (Wildman–Crippen MR) is 80.3 cm³/mol. The maximum absolute atomic E-state index is 11.6. The smallest absolute Gasteiger partial charge is 0.371 e. The molecule has 0 unspecified atom stereocenters. The highest BCUT2D eigenvalue weighted by Gasteiger charge is 2.15. The van der Waals surface area contributed by atoms with E-state index >= 15 is 0 Å². The molecule has 0 heterocycles. The Morgan fingerprint density at radius 2 is 1.38 bits per heavy atom. The van der Waals surface area contributed by atoms with Crippen LogP contribution < -0.4 is 4.18 Å². The molecule has 0 saturated carbocycles. The second kappa shape index (κ2) is 6.47. The molecule has 21 heavy (non-hydrogen) atoms. The molecule has 2 aromatic carbocycles. The van der Waals surface area contributed by atoms with Crippen molar-refractivity contribution in [1.29, 1.82) is 0 Å². The lowest BCUT2D eigenvalue weighted by atomic mass is 10.3. The standard InChI is InChI=1S/C14H15N3O3S/c1-17(2)21(18,19)20-14-10-8-13(9-11-14)16-15-12-6-4-3-5-7-12/h3-11H,1-2H3/b16-15+. The summed E-state index contributed by atoms with van der Waals surface area (Å²) >= 11 is 0. The van der Waals surface area contributed by atoms with Gasteiger partial charge in [-0.15, -0.1) is 0 Å². The van der Waals surface area contributed by atoms with E-state index in [1.165, 1.54) is 26.2 Å². The number of nitrogens with zero attached hydrogens (tertiary/aromatic N) is 3. The van der Waals surface area contributed by atoms with E-state index in [0.29, 0.717) is 5.69 Å². The Morgan fingerprint density at radius 1 is 0.857 bits per heavy atom. The number of rotatable bonds is 5. The molecule has 0 saturated heterocycles. The lowest BCUT2D eigenvalue weighted by Crippen LogP contribution is -2.26. The van der Waals surface area contributed by atoms with Crippen molar-refractivity contribution in [3.8, 4) is 5.75 Å². The van der Waals surface area contributed by atoms with Crippen molar-refractivity contribution in [3.05, 3.63) is 54.6 Å². The van der Waals surface area contributed by atoms with Crippen LogP contribution in [0.15, 0.2) is 64.8 Å². The van der Waals surface area contributed by atoms with Crippen LogP contribution >= 0.6 is 0 Å². The largest absolute Gasteiger partial charge is 0.384 e. The van der Waals surface area contributed by atoms with Crippen LogP contribution in [0.5, 0.6) is 5.75 Å². The Bertz CT molecular complexity index is 711. The molecule has 110 valence electrons. The van der Waals surface area contributed by atoms with Gasteiger partial charge in [0.2, 0.25) is 0 Å². The second-order valence-electron chi connectivity index (χ2n) is 4.35. The number of benzene rings is 2. The minimum Gasteiger partial charge on any atom is -0.371 e. The Labute approximate surface area is 124 Å². The van der Waals surface area contributed by atoms with Crippen LogP contribution in [0, 0.1) is 0 Å². The van der Waals surface area contributed by atoms with Crippen LogP contribution in [0.1, 0.15) is 0 Å². The highest BCUT2D eigenvalue weighted by molar-refractivity contribution is 7.84. The van der Waals surface area contributed by atoms with Gasteiger partial charge < -0.3 is 4.18 Å². The summed E-state index contributed by atoms with van der Waals surface area (Å²) in [6.45, 7) is 0. The van der Waals surface area contributed by atoms with Crippen LogP contribution in [0.4, 0.5) is 11.4 Å². The summed E-state index contributed by atoms with van der Waals surface area (Å²) in [6.07, 6.45) is 0. The van der Waals surface area contributed by atoms with Gasteiger partial charge in [0.25, 0.3) is 0 Å². The van der Waals surface area contributed by atoms with E-state index in [9.17, 15) is 8.42 Å². The van der Waals surface area contributed by atoms with Crippen LogP contribution in [0.2, 0.25) is 0 Å². The van der Waals surface area contributed by atoms with Crippen LogP contribution in [0.3, 0.4) is 0 Å². The molecule has 0 aromatic heterocycles. The molecule has 6 nitrogen and oxygen atoms in total. The van der Waals surface area contributed by atoms with Crippen molar-refractivity contribution in [1.82, 2.24) is 4.31 Å². The molecule has 2 aromatic rings. The van der Waals surface area contributed by atoms with Gasteiger partial charge in [-0.2, -0.15) is 23.0 Å². The van der Waals surface area contributed by atoms with E-state index in [4.69, 9.17) is 4.18 Å². The zero-order valence-electron chi connectivity index (χ0n) is 11.7. The van der Waals surface area contributed by atoms with E-state index in [1.807, 2.05) is 30.3 Å². The van der Waals surface area contributed by atoms with Gasteiger partial charge in [-0.25, -0.2) is 0 Å². The molecule has 0 radical (unpaired) electrons. The van der Waals surface area contributed by atoms with Crippen molar-refractivity contribution >= 4 is 21.7 Å². The molecule has 0 fully saturated rings. The fraction of sp³-hybridized carbons (Fsp3) is 0.143. The normalized spacial score (nSPS) is 12.0. The first-order valence-corrected chi connectivity index (χ1v) is 7.53. The molecule has 0 aliphatic rings. The lowest BCUT2D eigenvalue weighted by Gasteiger charge is -2.11. The van der Waals surface area contributed by atoms with Gasteiger partial charge in [-0.3, -0.25) is 0 Å². The van der Waals surface area contributed by atoms with Gasteiger partial charge >= 0.3 is 10.3 Å². The third-order valence-corrected chi connectivity index (χ3v) is 3.82. The number of azo groups is 1. The monoisotopic (exact) mass is 305 g/mol. The summed E-state index contributed by atoms with van der Waals surface area (Å²) in [7, 11) is -0.939. The summed E-state index contributed by atoms with van der Waals surface area (Å²) in [6, 6.07) is 15.6. The number of hydrogen-bond acceptors (Lipinski definition) is 5. The maximum Gasteiger partial charge on any atom is 0.384 e. The van der Waals surface area contributed by atoms with E-state index in [0.717, 1.165) is 9.99 Å². The molecule has 7 heteroatoms. The van der Waals surface area contributed by atoms with Crippen LogP contribution in [-0.2, 0) is 10.3 Å². The minimum absolute atomic E-state index is 0.224. The zero-order valence-corrected chi connectivity index (χ0v) is 12.5. The summed E-state index contributed by atoms with van der Waals surface area (Å²) in [5, 5.41) is 8.13. The minimum atomic E-state index is -3.74. The molecular formula is C14H15N3O3S. The summed E-state index contributed by atoms with van der Waals surface area (Å²) in [5.74, 6) is 0.224. The van der Waals surface area contributed by atoms with Gasteiger partial charge in [0.15, 0.2) is 0 Å². The maximum atomic E-state index is 11.6. The van der Waals surface area contributed by atoms with E-state index in [1.54, 1.807) is 12.1 Å². The molecule has 2 rings (SSSR count). The first kappa shape index (κ1) is 15.1. The first-order valence-electron chi connectivity index (χ1n) is 6.16. The molecule has 0 atom stereocenters. The van der Waals surface area contributed by atoms with Gasteiger partial charge in [0.05, 0.1) is 11.4 Å². The topological polar surface area (TPSA) is 71.3 Å². The average Bonchev–Trinajstić information content (AvgIpc) is 2.47. The Hall–Kier alpha value is -2.25. The van der Waals surface area contributed by atoms with Gasteiger partial charge in [0.1, 0.15) is 5.75 Å². The second-order valence-corrected chi connectivity index (χ2v) is 6.11. The molecule has 0 amide bonds. The fourth-order valence-corrected chi connectivity index (χ4v) is 1.88. The highest BCUT2D eigenvalue weighted by atomic mass is 32.2. The van der Waals surface area contributed by atoms with Crippen molar-refractivity contribution in [2.75, 3.05) is 14.1 Å². The highest BCUT2D eigenvalue weighted by Crippen LogP contribution is 2.22. The van der Waals surface area contributed by atoms with Gasteiger partial charge in [0, 0.05) is 14.1 Å². The Morgan fingerprint density at radius 3 is 1.90 bits per heavy atom. The molecule has 0 spiro atoms. The molecule has 0 N–H and O–H groups in total. The van der Waals surface area contributed by atoms with Gasteiger partial charge in [-0.1, -0.05) is 18.2 Å². The van der Waals surface area contributed by atoms with E-state index < -0.39 is 10.3 Å². The van der Waals surface area contributed by atoms with Crippen molar-refractivity contribution in [3.63, 3.8) is 0 Å². The predicted octanol–water partition coefficient (Wildman–Crippen LogP) is 3.29. The quantitative estimate of drug-likeness (QED) is 0.796. The van der Waals surface area contributed by atoms with Crippen molar-refractivity contribution < 1.29 is 12.6 Å². The molecule has 0 bridgehead atoms. The van der Waals surface area contributed by atoms with E-state index in [2.05, 4.69) is 10.2 Å². The fourth-order valence-electron chi connectivity index (χ4n) is 1.37. The molecule has 0 aliphatic heterocycles. The third-order valence-electron chi connectivity index (χ3n) is 2.52. The van der Waals surface area contributed by atoms with Crippen molar-refractivity contribution in [2.24, 2.45) is 10.2 Å². The van der Waals surface area contributed by atoms with Crippen LogP contribution in [0.25, 0.3) is 0 Å². The Balaban J connectivity index is 2.08. The average molecular weight is 305 g/mol. The van der Waals surface area contributed by atoms with Crippen LogP contribution in [-0.4, -0.2) is 26.8 Å². The SMILES string of the molecule is CN(C)S(=O)(=O)Oc1ccc(/N=N/c2ccccc2)cc1. The third kappa shape index (κ3) is 4.37. The summed E-state index contributed by atoms with van der Waals surface area (Å²) < 4.78 is 29.0. The summed E-state index contributed by atoms with van der Waals surface area (Å²) in [5.41, 5.74) is 1.35. The van der Waals surface area contributed by atoms with Gasteiger partial charge in [-0.05, 0) is 36.4 Å². The Kier molecular flexibility index (Phi) is 4.66. The lowest BCUT2D eigenvalue weighted by molar-refractivity contribution is 0.421. The molecule has 0 aliphatic carbocycles. The van der Waals surface area contributed by atoms with Crippen molar-refractivity contribution in [2.45, 2.75) is 0 Å². The molecular weight excluding hydrogens is 290 g/mol. The van der Waals surface area contributed by atoms with E-state index in [-0.39, 0.29) is 5.75 Å². The number of hydrogen-bond donors (Lipinski definition) is 0.